The molecule has 0 aliphatic rings. The number of nitrogens with zero attached hydrogens (tertiary/aromatic N) is 3. The second kappa shape index (κ2) is 14.4. The Hall–Kier alpha value is -1.61. The maximum Gasteiger partial charge on any atom is 0.191 e. The van der Waals surface area contributed by atoms with E-state index in [1.54, 1.807) is 6.20 Å². The molecule has 29 heavy (non-hydrogen) atoms. The molecule has 0 aliphatic carbocycles. The van der Waals surface area contributed by atoms with Crippen molar-refractivity contribution < 1.29 is 5.11 Å². The van der Waals surface area contributed by atoms with Crippen LogP contribution < -0.4 is 10.6 Å². The Kier molecular flexibility index (Phi) is 12.6. The van der Waals surface area contributed by atoms with E-state index in [0.717, 1.165) is 38.4 Å². The summed E-state index contributed by atoms with van der Waals surface area (Å²) >= 11 is 0. The summed E-state index contributed by atoms with van der Waals surface area (Å²) < 4.78 is 1.93. The number of benzene rings is 1. The van der Waals surface area contributed by atoms with Gasteiger partial charge in [-0.1, -0.05) is 38.1 Å². The number of aliphatic hydroxyl groups is 1. The molecule has 7 heteroatoms. The van der Waals surface area contributed by atoms with Gasteiger partial charge in [0, 0.05) is 32.1 Å². The Morgan fingerprint density at radius 2 is 1.93 bits per heavy atom. The summed E-state index contributed by atoms with van der Waals surface area (Å²) in [6.07, 6.45) is 5.69. The van der Waals surface area contributed by atoms with Crippen LogP contribution in [0, 0.1) is 11.8 Å². The summed E-state index contributed by atoms with van der Waals surface area (Å²) in [5.74, 6) is 1.89. The summed E-state index contributed by atoms with van der Waals surface area (Å²) in [7, 11) is 0. The zero-order valence-corrected chi connectivity index (χ0v) is 20.2. The molecule has 0 amide bonds. The number of halogens is 1. The summed E-state index contributed by atoms with van der Waals surface area (Å²) in [5, 5.41) is 20.4. The van der Waals surface area contributed by atoms with E-state index in [4.69, 9.17) is 4.99 Å². The van der Waals surface area contributed by atoms with Crippen LogP contribution in [0.3, 0.4) is 0 Å². The topological polar surface area (TPSA) is 74.5 Å². The van der Waals surface area contributed by atoms with Gasteiger partial charge in [-0.05, 0) is 48.8 Å². The number of aliphatic imine (C=N–C) groups is 1. The van der Waals surface area contributed by atoms with Gasteiger partial charge in [-0.25, -0.2) is 4.99 Å². The molecular formula is C22H36IN5O. The second-order valence-corrected chi connectivity index (χ2v) is 7.56. The maximum absolute atomic E-state index is 9.33. The number of nitrogens with one attached hydrogen (secondary N) is 2. The van der Waals surface area contributed by atoms with Gasteiger partial charge in [0.25, 0.3) is 0 Å². The van der Waals surface area contributed by atoms with Crippen LogP contribution in [0.2, 0.25) is 0 Å². The van der Waals surface area contributed by atoms with E-state index >= 15 is 0 Å². The molecule has 1 unspecified atom stereocenters. The van der Waals surface area contributed by atoms with E-state index in [1.807, 2.05) is 16.9 Å². The molecule has 0 bridgehead atoms. The third-order valence-corrected chi connectivity index (χ3v) is 4.66. The molecule has 162 valence electrons. The van der Waals surface area contributed by atoms with Gasteiger partial charge in [-0.15, -0.1) is 24.0 Å². The van der Waals surface area contributed by atoms with Crippen LogP contribution >= 0.6 is 24.0 Å². The van der Waals surface area contributed by atoms with Crippen LogP contribution in [0.5, 0.6) is 0 Å². The van der Waals surface area contributed by atoms with E-state index in [1.165, 1.54) is 11.1 Å². The highest BCUT2D eigenvalue weighted by atomic mass is 127. The van der Waals surface area contributed by atoms with E-state index < -0.39 is 0 Å². The van der Waals surface area contributed by atoms with Gasteiger partial charge >= 0.3 is 0 Å². The Morgan fingerprint density at radius 3 is 2.55 bits per heavy atom. The number of hydrogen-bond acceptors (Lipinski definition) is 3. The SMILES string of the molecule is CCNC(=NCc1ccccc1Cn1cccn1)NCC(CCO)CC(C)C.I. The number of guanidine groups is 1. The normalized spacial score (nSPS) is 12.5. The van der Waals surface area contributed by atoms with Crippen molar-refractivity contribution in [3.05, 3.63) is 53.9 Å². The maximum atomic E-state index is 9.33. The molecule has 0 aliphatic heterocycles. The van der Waals surface area contributed by atoms with Crippen LogP contribution in [0.1, 0.15) is 44.7 Å². The first kappa shape index (κ1) is 25.4. The number of hydrogen-bond donors (Lipinski definition) is 3. The van der Waals surface area contributed by atoms with Gasteiger partial charge in [0.15, 0.2) is 5.96 Å². The average molecular weight is 513 g/mol. The van der Waals surface area contributed by atoms with E-state index in [0.29, 0.717) is 18.4 Å². The van der Waals surface area contributed by atoms with Gasteiger partial charge in [-0.3, -0.25) is 4.68 Å². The average Bonchev–Trinajstić information content (AvgIpc) is 3.18. The Labute approximate surface area is 192 Å². The predicted molar refractivity (Wildman–Crippen MR) is 131 cm³/mol. The molecule has 1 heterocycles. The molecule has 0 saturated carbocycles. The monoisotopic (exact) mass is 513 g/mol. The van der Waals surface area contributed by atoms with E-state index in [-0.39, 0.29) is 30.6 Å². The molecule has 1 atom stereocenters. The van der Waals surface area contributed by atoms with Crippen molar-refractivity contribution in [3.8, 4) is 0 Å². The fourth-order valence-electron chi connectivity index (χ4n) is 3.33. The molecule has 1 aromatic carbocycles. The summed E-state index contributed by atoms with van der Waals surface area (Å²) in [4.78, 5) is 4.79. The van der Waals surface area contributed by atoms with E-state index in [2.05, 4.69) is 60.8 Å². The second-order valence-electron chi connectivity index (χ2n) is 7.56. The van der Waals surface area contributed by atoms with Crippen LogP contribution in [0.25, 0.3) is 0 Å². The fourth-order valence-corrected chi connectivity index (χ4v) is 3.33. The van der Waals surface area contributed by atoms with Gasteiger partial charge in [-0.2, -0.15) is 5.10 Å². The Morgan fingerprint density at radius 1 is 1.17 bits per heavy atom. The molecule has 0 spiro atoms. The molecule has 2 aromatic rings. The van der Waals surface area contributed by atoms with Gasteiger partial charge in [0.05, 0.1) is 13.1 Å². The number of aromatic nitrogens is 2. The van der Waals surface area contributed by atoms with Crippen molar-refractivity contribution in [1.29, 1.82) is 0 Å². The molecular weight excluding hydrogens is 477 g/mol. The van der Waals surface area contributed by atoms with Gasteiger partial charge < -0.3 is 15.7 Å². The lowest BCUT2D eigenvalue weighted by Gasteiger charge is -2.20. The minimum atomic E-state index is 0. The highest BCUT2D eigenvalue weighted by Crippen LogP contribution is 2.14. The molecule has 6 nitrogen and oxygen atoms in total. The van der Waals surface area contributed by atoms with Crippen LogP contribution in [-0.2, 0) is 13.1 Å². The van der Waals surface area contributed by atoms with Crippen molar-refractivity contribution in [3.63, 3.8) is 0 Å². The molecule has 2 rings (SSSR count). The highest BCUT2D eigenvalue weighted by Gasteiger charge is 2.11. The minimum absolute atomic E-state index is 0. The third-order valence-electron chi connectivity index (χ3n) is 4.66. The first-order valence-corrected chi connectivity index (χ1v) is 10.3. The summed E-state index contributed by atoms with van der Waals surface area (Å²) in [6, 6.07) is 10.3. The lowest BCUT2D eigenvalue weighted by molar-refractivity contribution is 0.243. The van der Waals surface area contributed by atoms with Crippen molar-refractivity contribution in [1.82, 2.24) is 20.4 Å². The lowest BCUT2D eigenvalue weighted by Crippen LogP contribution is -2.40. The molecule has 1 aromatic heterocycles. The van der Waals surface area contributed by atoms with E-state index in [9.17, 15) is 5.11 Å². The number of rotatable bonds is 11. The smallest absolute Gasteiger partial charge is 0.191 e. The van der Waals surface area contributed by atoms with Crippen LogP contribution in [0.4, 0.5) is 0 Å². The standard InChI is InChI=1S/C22H35N5O.HI/c1-4-23-22(24-15-19(10-13-28)14-18(2)3)25-16-20-8-5-6-9-21(20)17-27-12-7-11-26-27;/h5-9,11-12,18-19,28H,4,10,13-17H2,1-3H3,(H2,23,24,25);1H. The van der Waals surface area contributed by atoms with Crippen molar-refractivity contribution in [2.75, 3.05) is 19.7 Å². The summed E-state index contributed by atoms with van der Waals surface area (Å²) in [5.41, 5.74) is 2.42. The number of aliphatic hydroxyl groups excluding tert-OH is 1. The van der Waals surface area contributed by atoms with Crippen molar-refractivity contribution >= 4 is 29.9 Å². The fraction of sp³-hybridized carbons (Fsp3) is 0.545. The zero-order chi connectivity index (χ0) is 20.2. The lowest BCUT2D eigenvalue weighted by atomic mass is 9.94. The quantitative estimate of drug-likeness (QED) is 0.244. The molecule has 0 fully saturated rings. The van der Waals surface area contributed by atoms with Crippen molar-refractivity contribution in [2.45, 2.75) is 46.7 Å². The van der Waals surface area contributed by atoms with Crippen LogP contribution in [0.15, 0.2) is 47.7 Å². The largest absolute Gasteiger partial charge is 0.396 e. The predicted octanol–water partition coefficient (Wildman–Crippen LogP) is 3.65. The first-order chi connectivity index (χ1) is 13.6. The van der Waals surface area contributed by atoms with Gasteiger partial charge in [0.2, 0.25) is 0 Å². The minimum Gasteiger partial charge on any atom is -0.396 e. The molecule has 3 N–H and O–H groups in total. The summed E-state index contributed by atoms with van der Waals surface area (Å²) in [6.45, 7) is 9.74. The Bertz CT molecular complexity index is 703. The van der Waals surface area contributed by atoms with Gasteiger partial charge in [0.1, 0.15) is 0 Å². The molecule has 0 radical (unpaired) electrons. The highest BCUT2D eigenvalue weighted by molar-refractivity contribution is 14.0. The van der Waals surface area contributed by atoms with Crippen molar-refractivity contribution in [2.24, 2.45) is 16.8 Å². The Balaban J connectivity index is 0.00000420. The zero-order valence-electron chi connectivity index (χ0n) is 17.8. The van der Waals surface area contributed by atoms with Crippen LogP contribution in [-0.4, -0.2) is 40.5 Å². The first-order valence-electron chi connectivity index (χ1n) is 10.3. The third kappa shape index (κ3) is 9.62. The molecule has 0 saturated heterocycles.